The minimum atomic E-state index is 0.843. The van der Waals surface area contributed by atoms with Gasteiger partial charge in [0.2, 0.25) is 0 Å². The molecule has 0 N–H and O–H groups in total. The second-order valence-corrected chi connectivity index (χ2v) is 5.90. The van der Waals surface area contributed by atoms with Gasteiger partial charge in [0.25, 0.3) is 0 Å². The van der Waals surface area contributed by atoms with Crippen molar-refractivity contribution in [3.05, 3.63) is 30.1 Å². The highest BCUT2D eigenvalue weighted by molar-refractivity contribution is 7.99. The Labute approximate surface area is 109 Å². The summed E-state index contributed by atoms with van der Waals surface area (Å²) in [6.07, 6.45) is 11.4. The minimum Gasteiger partial charge on any atom is -0.302 e. The monoisotopic (exact) mass is 250 g/mol. The molecule has 1 aliphatic heterocycles. The number of rotatable bonds is 4. The summed E-state index contributed by atoms with van der Waals surface area (Å²) in [6, 6.07) is 4.26. The molecular weight excluding hydrogens is 228 g/mol. The molecule has 2 nitrogen and oxygen atoms in total. The fraction of sp³-hybridized carbons (Fsp3) is 0.643. The number of nitrogens with zero attached hydrogens (tertiary/aromatic N) is 2. The van der Waals surface area contributed by atoms with Crippen LogP contribution in [0.4, 0.5) is 0 Å². The molecule has 0 bridgehead atoms. The number of thioether (sulfide) groups is 1. The quantitative estimate of drug-likeness (QED) is 0.817. The number of likely N-dealkylation sites (tertiary alicyclic amines) is 1. The van der Waals surface area contributed by atoms with Crippen LogP contribution in [0, 0.1) is 0 Å². The molecule has 1 fully saturated rings. The highest BCUT2D eigenvalue weighted by atomic mass is 32.2. The Bertz CT molecular complexity index is 315. The topological polar surface area (TPSA) is 16.1 Å². The summed E-state index contributed by atoms with van der Waals surface area (Å²) >= 11 is 2.03. The van der Waals surface area contributed by atoms with Gasteiger partial charge in [0, 0.05) is 30.7 Å². The van der Waals surface area contributed by atoms with Gasteiger partial charge >= 0.3 is 0 Å². The average molecular weight is 250 g/mol. The molecule has 1 saturated heterocycles. The summed E-state index contributed by atoms with van der Waals surface area (Å²) in [5, 5.41) is 0.843. The van der Waals surface area contributed by atoms with Crippen molar-refractivity contribution in [2.75, 3.05) is 25.9 Å². The molecule has 2 heterocycles. The van der Waals surface area contributed by atoms with Gasteiger partial charge in [0.1, 0.15) is 0 Å². The summed E-state index contributed by atoms with van der Waals surface area (Å²) in [7, 11) is 0. The second kappa shape index (κ2) is 7.02. The molecule has 0 radical (unpaired) electrons. The molecule has 0 aromatic carbocycles. The molecule has 0 amide bonds. The van der Waals surface area contributed by atoms with E-state index in [4.69, 9.17) is 0 Å². The van der Waals surface area contributed by atoms with E-state index in [0.29, 0.717) is 0 Å². The second-order valence-electron chi connectivity index (χ2n) is 4.76. The summed E-state index contributed by atoms with van der Waals surface area (Å²) in [5.74, 6) is 0. The maximum Gasteiger partial charge on any atom is 0.0270 e. The van der Waals surface area contributed by atoms with E-state index < -0.39 is 0 Å². The molecule has 94 valence electrons. The highest BCUT2D eigenvalue weighted by Crippen LogP contribution is 2.20. The zero-order valence-electron chi connectivity index (χ0n) is 10.6. The summed E-state index contributed by atoms with van der Waals surface area (Å²) < 4.78 is 0. The molecule has 0 spiro atoms. The first-order valence-electron chi connectivity index (χ1n) is 6.52. The van der Waals surface area contributed by atoms with Gasteiger partial charge in [-0.25, -0.2) is 0 Å². The molecule has 0 aliphatic carbocycles. The average Bonchev–Trinajstić information content (AvgIpc) is 2.62. The van der Waals surface area contributed by atoms with E-state index >= 15 is 0 Å². The first kappa shape index (κ1) is 12.9. The van der Waals surface area contributed by atoms with Gasteiger partial charge in [-0.2, -0.15) is 11.8 Å². The van der Waals surface area contributed by atoms with Crippen molar-refractivity contribution >= 4 is 11.8 Å². The molecular formula is C14H22N2S. The molecule has 1 atom stereocenters. The lowest BCUT2D eigenvalue weighted by Crippen LogP contribution is -2.31. The van der Waals surface area contributed by atoms with Crippen LogP contribution < -0.4 is 0 Å². The third kappa shape index (κ3) is 4.32. The van der Waals surface area contributed by atoms with E-state index in [1.54, 1.807) is 0 Å². The molecule has 1 aliphatic rings. The number of pyridine rings is 1. The smallest absolute Gasteiger partial charge is 0.0270 e. The maximum atomic E-state index is 4.06. The van der Waals surface area contributed by atoms with Crippen molar-refractivity contribution < 1.29 is 0 Å². The Morgan fingerprint density at radius 3 is 2.94 bits per heavy atom. The summed E-state index contributed by atoms with van der Waals surface area (Å²) in [6.45, 7) is 3.75. The lowest BCUT2D eigenvalue weighted by atomic mass is 10.2. The van der Waals surface area contributed by atoms with Gasteiger partial charge in [-0.05, 0) is 49.8 Å². The van der Waals surface area contributed by atoms with E-state index in [1.807, 2.05) is 24.2 Å². The zero-order valence-corrected chi connectivity index (χ0v) is 11.5. The van der Waals surface area contributed by atoms with E-state index in [-0.39, 0.29) is 0 Å². The Morgan fingerprint density at radius 1 is 1.35 bits per heavy atom. The van der Waals surface area contributed by atoms with Crippen LogP contribution >= 0.6 is 11.8 Å². The predicted molar refractivity (Wildman–Crippen MR) is 75.5 cm³/mol. The van der Waals surface area contributed by atoms with Crippen molar-refractivity contribution in [3.8, 4) is 0 Å². The van der Waals surface area contributed by atoms with Gasteiger partial charge in [-0.3, -0.25) is 4.98 Å². The molecule has 1 aromatic rings. The summed E-state index contributed by atoms with van der Waals surface area (Å²) in [5.41, 5.74) is 1.41. The van der Waals surface area contributed by atoms with Crippen LogP contribution in [0.3, 0.4) is 0 Å². The zero-order chi connectivity index (χ0) is 11.9. The van der Waals surface area contributed by atoms with Crippen LogP contribution in [0.1, 0.15) is 24.8 Å². The fourth-order valence-corrected chi connectivity index (χ4v) is 3.17. The summed E-state index contributed by atoms with van der Waals surface area (Å²) in [4.78, 5) is 6.70. The van der Waals surface area contributed by atoms with Crippen LogP contribution in [0.5, 0.6) is 0 Å². The van der Waals surface area contributed by atoms with Gasteiger partial charge < -0.3 is 4.90 Å². The van der Waals surface area contributed by atoms with E-state index in [0.717, 1.165) is 11.7 Å². The van der Waals surface area contributed by atoms with Crippen LogP contribution in [0.2, 0.25) is 0 Å². The largest absolute Gasteiger partial charge is 0.302 e. The SMILES string of the molecule is CS[C@@H]1CCCCN(CCc2ccncc2)C1. The van der Waals surface area contributed by atoms with Crippen molar-refractivity contribution in [2.24, 2.45) is 0 Å². The van der Waals surface area contributed by atoms with Crippen molar-refractivity contribution in [1.82, 2.24) is 9.88 Å². The van der Waals surface area contributed by atoms with Gasteiger partial charge in [0.15, 0.2) is 0 Å². The normalized spacial score (nSPS) is 22.3. The standard InChI is InChI=1S/C14H22N2S/c1-17-14-4-2-3-10-16(12-14)11-7-13-5-8-15-9-6-13/h5-6,8-9,14H,2-4,7,10-12H2,1H3/t14-/m1/s1. The van der Waals surface area contributed by atoms with Crippen molar-refractivity contribution in [3.63, 3.8) is 0 Å². The predicted octanol–water partition coefficient (Wildman–Crippen LogP) is 2.84. The fourth-order valence-electron chi connectivity index (χ4n) is 2.41. The number of hydrogen-bond donors (Lipinski definition) is 0. The number of hydrogen-bond acceptors (Lipinski definition) is 3. The van der Waals surface area contributed by atoms with Crippen LogP contribution in [0.15, 0.2) is 24.5 Å². The van der Waals surface area contributed by atoms with Crippen molar-refractivity contribution in [1.29, 1.82) is 0 Å². The van der Waals surface area contributed by atoms with Gasteiger partial charge in [0.05, 0.1) is 0 Å². The van der Waals surface area contributed by atoms with E-state index in [1.165, 1.54) is 44.5 Å². The van der Waals surface area contributed by atoms with Crippen LogP contribution in [-0.4, -0.2) is 41.0 Å². The third-order valence-corrected chi connectivity index (χ3v) is 4.56. The Kier molecular flexibility index (Phi) is 5.33. The number of aromatic nitrogens is 1. The lowest BCUT2D eigenvalue weighted by molar-refractivity contribution is 0.291. The molecule has 3 heteroatoms. The molecule has 2 rings (SSSR count). The Morgan fingerprint density at radius 2 is 2.18 bits per heavy atom. The van der Waals surface area contributed by atoms with E-state index in [9.17, 15) is 0 Å². The molecule has 1 aromatic heterocycles. The first-order chi connectivity index (χ1) is 8.38. The molecule has 17 heavy (non-hydrogen) atoms. The van der Waals surface area contributed by atoms with Crippen LogP contribution in [0.25, 0.3) is 0 Å². The lowest BCUT2D eigenvalue weighted by Gasteiger charge is -2.23. The molecule has 0 unspecified atom stereocenters. The molecule has 0 saturated carbocycles. The van der Waals surface area contributed by atoms with E-state index in [2.05, 4.69) is 28.3 Å². The Hall–Kier alpha value is -0.540. The highest BCUT2D eigenvalue weighted by Gasteiger charge is 2.16. The third-order valence-electron chi connectivity index (χ3n) is 3.51. The first-order valence-corrected chi connectivity index (χ1v) is 7.81. The minimum absolute atomic E-state index is 0.843. The van der Waals surface area contributed by atoms with Crippen LogP contribution in [-0.2, 0) is 6.42 Å². The van der Waals surface area contributed by atoms with Gasteiger partial charge in [-0.15, -0.1) is 0 Å². The maximum absolute atomic E-state index is 4.06. The van der Waals surface area contributed by atoms with Crippen molar-refractivity contribution in [2.45, 2.75) is 30.9 Å². The Balaban J connectivity index is 1.81. The van der Waals surface area contributed by atoms with Gasteiger partial charge in [-0.1, -0.05) is 6.42 Å².